The number of anilines is 1. The van der Waals surface area contributed by atoms with Gasteiger partial charge in [0.25, 0.3) is 0 Å². The highest BCUT2D eigenvalue weighted by molar-refractivity contribution is 7.80. The molecule has 120 valence electrons. The number of thiocarbonyl (C=S) groups is 1. The summed E-state index contributed by atoms with van der Waals surface area (Å²) < 4.78 is 10.3. The number of benzene rings is 2. The van der Waals surface area contributed by atoms with Crippen LogP contribution in [-0.4, -0.2) is 30.7 Å². The molecule has 2 aromatic rings. The van der Waals surface area contributed by atoms with E-state index < -0.39 is 0 Å². The number of nitrogens with one attached hydrogen (secondary N) is 2. The molecule has 0 atom stereocenters. The predicted molar refractivity (Wildman–Crippen MR) is 94.6 cm³/mol. The van der Waals surface area contributed by atoms with Crippen molar-refractivity contribution in [2.24, 2.45) is 5.10 Å². The third kappa shape index (κ3) is 4.58. The van der Waals surface area contributed by atoms with Gasteiger partial charge in [0.15, 0.2) is 16.6 Å². The second kappa shape index (κ2) is 8.00. The molecule has 0 heterocycles. The molecule has 0 spiro atoms. The normalized spacial score (nSPS) is 10.3. The number of para-hydroxylation sites is 2. The van der Waals surface area contributed by atoms with Crippen molar-refractivity contribution in [2.75, 3.05) is 19.5 Å². The zero-order valence-corrected chi connectivity index (χ0v) is 13.6. The van der Waals surface area contributed by atoms with Gasteiger partial charge in [0, 0.05) is 0 Å². The zero-order valence-electron chi connectivity index (χ0n) is 12.7. The van der Waals surface area contributed by atoms with Gasteiger partial charge >= 0.3 is 0 Å². The minimum atomic E-state index is 0.0750. The summed E-state index contributed by atoms with van der Waals surface area (Å²) in [6.07, 6.45) is 1.57. The third-order valence-corrected chi connectivity index (χ3v) is 3.13. The van der Waals surface area contributed by atoms with Crippen LogP contribution >= 0.6 is 12.2 Å². The number of hydrazone groups is 1. The fourth-order valence-corrected chi connectivity index (χ4v) is 2.00. The summed E-state index contributed by atoms with van der Waals surface area (Å²) in [5, 5.41) is 16.9. The van der Waals surface area contributed by atoms with Crippen LogP contribution in [0, 0.1) is 0 Å². The summed E-state index contributed by atoms with van der Waals surface area (Å²) >= 11 is 5.17. The molecule has 0 unspecified atom stereocenters. The van der Waals surface area contributed by atoms with Crippen LogP contribution in [0.2, 0.25) is 0 Å². The Kier molecular flexibility index (Phi) is 5.76. The molecule has 7 heteroatoms. The molecule has 0 aromatic heterocycles. The topological polar surface area (TPSA) is 75.1 Å². The van der Waals surface area contributed by atoms with Crippen molar-refractivity contribution in [1.82, 2.24) is 5.43 Å². The van der Waals surface area contributed by atoms with E-state index in [9.17, 15) is 5.11 Å². The summed E-state index contributed by atoms with van der Waals surface area (Å²) in [4.78, 5) is 0. The van der Waals surface area contributed by atoms with E-state index in [2.05, 4.69) is 15.8 Å². The van der Waals surface area contributed by atoms with E-state index in [1.54, 1.807) is 25.5 Å². The van der Waals surface area contributed by atoms with Crippen LogP contribution < -0.4 is 20.2 Å². The number of phenols is 1. The lowest BCUT2D eigenvalue weighted by Gasteiger charge is -2.10. The number of hydrogen-bond donors (Lipinski definition) is 3. The van der Waals surface area contributed by atoms with Gasteiger partial charge in [-0.25, -0.2) is 0 Å². The molecule has 2 aromatic carbocycles. The van der Waals surface area contributed by atoms with Crippen molar-refractivity contribution in [2.45, 2.75) is 0 Å². The van der Waals surface area contributed by atoms with Gasteiger partial charge in [0.05, 0.1) is 26.1 Å². The average Bonchev–Trinajstić information content (AvgIpc) is 2.57. The number of hydrogen-bond acceptors (Lipinski definition) is 5. The Morgan fingerprint density at radius 1 is 1.13 bits per heavy atom. The Balaban J connectivity index is 1.96. The minimum Gasteiger partial charge on any atom is -0.504 e. The van der Waals surface area contributed by atoms with Crippen LogP contribution in [0.5, 0.6) is 17.2 Å². The number of ether oxygens (including phenoxy) is 2. The molecular formula is C16H17N3O3S. The Hall–Kier alpha value is -2.80. The van der Waals surface area contributed by atoms with Crippen LogP contribution in [0.4, 0.5) is 5.69 Å². The van der Waals surface area contributed by atoms with Crippen LogP contribution in [0.1, 0.15) is 5.56 Å². The first-order chi connectivity index (χ1) is 11.1. The lowest BCUT2D eigenvalue weighted by molar-refractivity contribution is 0.373. The molecule has 2 rings (SSSR count). The molecule has 0 aliphatic carbocycles. The predicted octanol–water partition coefficient (Wildman–Crippen LogP) is 2.73. The van der Waals surface area contributed by atoms with Gasteiger partial charge in [-0.1, -0.05) is 12.1 Å². The summed E-state index contributed by atoms with van der Waals surface area (Å²) in [6.45, 7) is 0. The monoisotopic (exact) mass is 331 g/mol. The van der Waals surface area contributed by atoms with Gasteiger partial charge in [-0.15, -0.1) is 0 Å². The molecule has 0 radical (unpaired) electrons. The van der Waals surface area contributed by atoms with Gasteiger partial charge in [0.1, 0.15) is 5.75 Å². The fraction of sp³-hybridized carbons (Fsp3) is 0.125. The molecule has 0 aliphatic rings. The van der Waals surface area contributed by atoms with Crippen LogP contribution in [-0.2, 0) is 0 Å². The molecule has 0 saturated carbocycles. The van der Waals surface area contributed by atoms with E-state index in [1.165, 1.54) is 13.2 Å². The largest absolute Gasteiger partial charge is 0.504 e. The Morgan fingerprint density at radius 3 is 2.61 bits per heavy atom. The highest BCUT2D eigenvalue weighted by atomic mass is 32.1. The molecule has 23 heavy (non-hydrogen) atoms. The highest BCUT2D eigenvalue weighted by Gasteiger charge is 2.03. The van der Waals surface area contributed by atoms with E-state index >= 15 is 0 Å². The molecule has 0 fully saturated rings. The quantitative estimate of drug-likeness (QED) is 0.444. The maximum absolute atomic E-state index is 9.53. The lowest BCUT2D eigenvalue weighted by Crippen LogP contribution is -2.24. The summed E-state index contributed by atoms with van der Waals surface area (Å²) in [7, 11) is 3.08. The van der Waals surface area contributed by atoms with Gasteiger partial charge in [-0.2, -0.15) is 5.10 Å². The number of phenolic OH excluding ortho intramolecular Hbond substituents is 1. The van der Waals surface area contributed by atoms with E-state index in [1.807, 2.05) is 24.3 Å². The van der Waals surface area contributed by atoms with Crippen molar-refractivity contribution >= 4 is 29.2 Å². The molecule has 3 N–H and O–H groups in total. The number of nitrogens with zero attached hydrogens (tertiary/aromatic N) is 1. The van der Waals surface area contributed by atoms with Crippen molar-refractivity contribution in [1.29, 1.82) is 0 Å². The minimum absolute atomic E-state index is 0.0750. The van der Waals surface area contributed by atoms with Crippen LogP contribution in [0.3, 0.4) is 0 Å². The van der Waals surface area contributed by atoms with Gasteiger partial charge < -0.3 is 19.9 Å². The van der Waals surface area contributed by atoms with Gasteiger partial charge in [0.2, 0.25) is 0 Å². The molecule has 0 saturated heterocycles. The van der Waals surface area contributed by atoms with Crippen molar-refractivity contribution in [3.63, 3.8) is 0 Å². The third-order valence-electron chi connectivity index (χ3n) is 2.94. The lowest BCUT2D eigenvalue weighted by atomic mass is 10.2. The fourth-order valence-electron chi connectivity index (χ4n) is 1.84. The first kappa shape index (κ1) is 16.6. The Labute approximate surface area is 139 Å². The van der Waals surface area contributed by atoms with Crippen molar-refractivity contribution < 1.29 is 14.6 Å². The van der Waals surface area contributed by atoms with Crippen LogP contribution in [0.25, 0.3) is 0 Å². The summed E-state index contributed by atoms with van der Waals surface area (Å²) in [5.74, 6) is 1.14. The van der Waals surface area contributed by atoms with E-state index in [-0.39, 0.29) is 5.75 Å². The first-order valence-electron chi connectivity index (χ1n) is 6.74. The van der Waals surface area contributed by atoms with Gasteiger partial charge in [-0.3, -0.25) is 5.43 Å². The maximum atomic E-state index is 9.53. The number of rotatable bonds is 5. The smallest absolute Gasteiger partial charge is 0.191 e. The average molecular weight is 331 g/mol. The SMILES string of the molecule is COc1cc(C=NNC(=S)Nc2ccccc2OC)ccc1O. The standard InChI is InChI=1S/C16H17N3O3S/c1-21-14-6-4-3-5-12(14)18-16(23)19-17-10-11-7-8-13(20)15(9-11)22-2/h3-10,20H,1-2H3,(H2,18,19,23). The molecule has 0 bridgehead atoms. The molecule has 0 amide bonds. The van der Waals surface area contributed by atoms with Crippen molar-refractivity contribution in [3.05, 3.63) is 48.0 Å². The maximum Gasteiger partial charge on any atom is 0.191 e. The highest BCUT2D eigenvalue weighted by Crippen LogP contribution is 2.25. The first-order valence-corrected chi connectivity index (χ1v) is 7.15. The second-order valence-electron chi connectivity index (χ2n) is 4.46. The van der Waals surface area contributed by atoms with Gasteiger partial charge in [-0.05, 0) is 48.1 Å². The van der Waals surface area contributed by atoms with Crippen LogP contribution in [0.15, 0.2) is 47.6 Å². The molecule has 6 nitrogen and oxygen atoms in total. The number of aromatic hydroxyl groups is 1. The van der Waals surface area contributed by atoms with E-state index in [4.69, 9.17) is 21.7 Å². The van der Waals surface area contributed by atoms with Crippen molar-refractivity contribution in [3.8, 4) is 17.2 Å². The Morgan fingerprint density at radius 2 is 1.87 bits per heavy atom. The number of methoxy groups -OCH3 is 2. The summed E-state index contributed by atoms with van der Waals surface area (Å²) in [6, 6.07) is 12.3. The molecular weight excluding hydrogens is 314 g/mol. The zero-order chi connectivity index (χ0) is 16.7. The van der Waals surface area contributed by atoms with E-state index in [0.717, 1.165) is 11.3 Å². The molecule has 0 aliphatic heterocycles. The second-order valence-corrected chi connectivity index (χ2v) is 4.86. The van der Waals surface area contributed by atoms with E-state index in [0.29, 0.717) is 16.6 Å². The Bertz CT molecular complexity index is 719. The summed E-state index contributed by atoms with van der Waals surface area (Å²) in [5.41, 5.74) is 4.22.